The lowest BCUT2D eigenvalue weighted by molar-refractivity contribution is 0.0766. The molecule has 0 saturated heterocycles. The predicted octanol–water partition coefficient (Wildman–Crippen LogP) is 1.20. The Labute approximate surface area is 87.0 Å². The standard InChI is InChI=1S/C10H10FN3O/c1-7(6-12)14(2)10(15)8-4-3-5-9(11)13-8/h3-5,7H,1-2H3. The number of rotatable bonds is 2. The van der Waals surface area contributed by atoms with Crippen molar-refractivity contribution in [3.8, 4) is 6.07 Å². The van der Waals surface area contributed by atoms with Crippen LogP contribution in [0.1, 0.15) is 17.4 Å². The van der Waals surface area contributed by atoms with Gasteiger partial charge in [-0.2, -0.15) is 9.65 Å². The molecule has 1 aromatic heterocycles. The van der Waals surface area contributed by atoms with Crippen LogP contribution >= 0.6 is 0 Å². The van der Waals surface area contributed by atoms with Gasteiger partial charge in [0.25, 0.3) is 5.91 Å². The van der Waals surface area contributed by atoms with Crippen LogP contribution in [-0.2, 0) is 0 Å². The number of carbonyl (C=O) groups is 1. The topological polar surface area (TPSA) is 57.0 Å². The van der Waals surface area contributed by atoms with E-state index in [2.05, 4.69) is 4.98 Å². The van der Waals surface area contributed by atoms with Crippen molar-refractivity contribution >= 4 is 5.91 Å². The summed E-state index contributed by atoms with van der Waals surface area (Å²) in [5.74, 6) is -1.18. The third-order valence-corrected chi connectivity index (χ3v) is 2.02. The highest BCUT2D eigenvalue weighted by Crippen LogP contribution is 2.04. The van der Waals surface area contributed by atoms with E-state index >= 15 is 0 Å². The molecular weight excluding hydrogens is 197 g/mol. The molecule has 0 fully saturated rings. The van der Waals surface area contributed by atoms with Crippen molar-refractivity contribution in [1.82, 2.24) is 9.88 Å². The fraction of sp³-hybridized carbons (Fsp3) is 0.300. The van der Waals surface area contributed by atoms with E-state index in [1.165, 1.54) is 24.1 Å². The summed E-state index contributed by atoms with van der Waals surface area (Å²) in [6, 6.07) is 5.32. The number of amides is 1. The highest BCUT2D eigenvalue weighted by molar-refractivity contribution is 5.92. The van der Waals surface area contributed by atoms with Gasteiger partial charge in [0.15, 0.2) is 0 Å². The van der Waals surface area contributed by atoms with Crippen LogP contribution in [-0.4, -0.2) is 28.9 Å². The number of carbonyl (C=O) groups excluding carboxylic acids is 1. The molecule has 0 aliphatic heterocycles. The molecule has 0 N–H and O–H groups in total. The summed E-state index contributed by atoms with van der Waals surface area (Å²) in [4.78, 5) is 16.3. The van der Waals surface area contributed by atoms with Crippen molar-refractivity contribution in [2.75, 3.05) is 7.05 Å². The molecule has 0 aliphatic carbocycles. The van der Waals surface area contributed by atoms with Gasteiger partial charge in [-0.15, -0.1) is 0 Å². The van der Waals surface area contributed by atoms with E-state index in [4.69, 9.17) is 5.26 Å². The van der Waals surface area contributed by atoms with E-state index < -0.39 is 17.9 Å². The van der Waals surface area contributed by atoms with Gasteiger partial charge in [-0.25, -0.2) is 4.98 Å². The summed E-state index contributed by atoms with van der Waals surface area (Å²) in [6.07, 6.45) is 0. The molecule has 0 spiro atoms. The van der Waals surface area contributed by atoms with Crippen LogP contribution in [0.4, 0.5) is 4.39 Å². The highest BCUT2D eigenvalue weighted by atomic mass is 19.1. The van der Waals surface area contributed by atoms with Crippen LogP contribution in [0.15, 0.2) is 18.2 Å². The van der Waals surface area contributed by atoms with E-state index in [0.29, 0.717) is 0 Å². The average molecular weight is 207 g/mol. The Bertz CT molecular complexity index is 413. The van der Waals surface area contributed by atoms with Crippen LogP contribution in [0.25, 0.3) is 0 Å². The minimum absolute atomic E-state index is 0.000370. The zero-order valence-corrected chi connectivity index (χ0v) is 8.44. The van der Waals surface area contributed by atoms with Crippen LogP contribution in [0.5, 0.6) is 0 Å². The summed E-state index contributed by atoms with van der Waals surface area (Å²) in [7, 11) is 1.48. The largest absolute Gasteiger partial charge is 0.325 e. The predicted molar refractivity (Wildman–Crippen MR) is 51.4 cm³/mol. The van der Waals surface area contributed by atoms with E-state index in [1.54, 1.807) is 6.92 Å². The quantitative estimate of drug-likeness (QED) is 0.685. The third-order valence-electron chi connectivity index (χ3n) is 2.02. The van der Waals surface area contributed by atoms with Crippen LogP contribution in [0.3, 0.4) is 0 Å². The first-order valence-corrected chi connectivity index (χ1v) is 4.35. The van der Waals surface area contributed by atoms with Crippen molar-refractivity contribution in [1.29, 1.82) is 5.26 Å². The van der Waals surface area contributed by atoms with Crippen molar-refractivity contribution in [3.05, 3.63) is 29.8 Å². The number of nitriles is 1. The normalized spacial score (nSPS) is 11.6. The lowest BCUT2D eigenvalue weighted by atomic mass is 10.2. The van der Waals surface area contributed by atoms with Gasteiger partial charge in [0.05, 0.1) is 6.07 Å². The summed E-state index contributed by atoms with van der Waals surface area (Å²) in [5.41, 5.74) is -0.000370. The molecule has 5 heteroatoms. The maximum Gasteiger partial charge on any atom is 0.273 e. The Balaban J connectivity index is 2.91. The van der Waals surface area contributed by atoms with E-state index in [-0.39, 0.29) is 5.69 Å². The molecule has 0 bridgehead atoms. The van der Waals surface area contributed by atoms with E-state index in [9.17, 15) is 9.18 Å². The molecule has 1 unspecified atom stereocenters. The number of hydrogen-bond donors (Lipinski definition) is 0. The number of hydrogen-bond acceptors (Lipinski definition) is 3. The maximum atomic E-state index is 12.7. The van der Waals surface area contributed by atoms with Crippen molar-refractivity contribution < 1.29 is 9.18 Å². The molecule has 0 saturated carbocycles. The smallest absolute Gasteiger partial charge is 0.273 e. The third kappa shape index (κ3) is 2.50. The molecule has 4 nitrogen and oxygen atoms in total. The maximum absolute atomic E-state index is 12.7. The van der Waals surface area contributed by atoms with Crippen molar-refractivity contribution in [2.45, 2.75) is 13.0 Å². The molecule has 1 rings (SSSR count). The number of halogens is 1. The van der Waals surface area contributed by atoms with Crippen LogP contribution in [0.2, 0.25) is 0 Å². The van der Waals surface area contributed by atoms with Gasteiger partial charge in [0.1, 0.15) is 11.7 Å². The number of pyridine rings is 1. The van der Waals surface area contributed by atoms with E-state index in [0.717, 1.165) is 6.07 Å². The average Bonchev–Trinajstić information content (AvgIpc) is 2.26. The molecule has 0 aliphatic rings. The fourth-order valence-electron chi connectivity index (χ4n) is 0.971. The molecule has 1 atom stereocenters. The summed E-state index contributed by atoms with van der Waals surface area (Å²) in [6.45, 7) is 1.58. The minimum atomic E-state index is -0.709. The lowest BCUT2D eigenvalue weighted by Gasteiger charge is -2.18. The zero-order valence-electron chi connectivity index (χ0n) is 8.44. The molecule has 1 heterocycles. The first-order chi connectivity index (χ1) is 7.06. The van der Waals surface area contributed by atoms with E-state index in [1.807, 2.05) is 6.07 Å². The Kier molecular flexibility index (Phi) is 3.34. The second-order valence-corrected chi connectivity index (χ2v) is 3.07. The van der Waals surface area contributed by atoms with Crippen LogP contribution < -0.4 is 0 Å². The highest BCUT2D eigenvalue weighted by Gasteiger charge is 2.18. The summed E-state index contributed by atoms with van der Waals surface area (Å²) in [5, 5.41) is 8.62. The van der Waals surface area contributed by atoms with Gasteiger partial charge in [0.2, 0.25) is 5.95 Å². The van der Waals surface area contributed by atoms with Crippen LogP contribution in [0, 0.1) is 17.3 Å². The summed E-state index contributed by atoms with van der Waals surface area (Å²) < 4.78 is 12.7. The number of aromatic nitrogens is 1. The Hall–Kier alpha value is -1.96. The fourth-order valence-corrected chi connectivity index (χ4v) is 0.971. The van der Waals surface area contributed by atoms with Crippen molar-refractivity contribution in [3.63, 3.8) is 0 Å². The molecule has 1 aromatic rings. The van der Waals surface area contributed by atoms with Crippen molar-refractivity contribution in [2.24, 2.45) is 0 Å². The molecular formula is C10H10FN3O. The van der Waals surface area contributed by atoms with Gasteiger partial charge >= 0.3 is 0 Å². The Morgan fingerprint density at radius 2 is 2.33 bits per heavy atom. The number of nitrogens with zero attached hydrogens (tertiary/aromatic N) is 3. The SMILES string of the molecule is CC(C#N)N(C)C(=O)c1cccc(F)n1. The second-order valence-electron chi connectivity index (χ2n) is 3.07. The molecule has 15 heavy (non-hydrogen) atoms. The van der Waals surface area contributed by atoms with Gasteiger partial charge < -0.3 is 4.90 Å². The van der Waals surface area contributed by atoms with Gasteiger partial charge in [-0.1, -0.05) is 6.07 Å². The molecule has 78 valence electrons. The zero-order chi connectivity index (χ0) is 11.4. The molecule has 1 amide bonds. The molecule has 0 radical (unpaired) electrons. The minimum Gasteiger partial charge on any atom is -0.325 e. The van der Waals surface area contributed by atoms with Gasteiger partial charge in [0, 0.05) is 7.05 Å². The Morgan fingerprint density at radius 1 is 1.67 bits per heavy atom. The first-order valence-electron chi connectivity index (χ1n) is 4.35. The Morgan fingerprint density at radius 3 is 2.87 bits per heavy atom. The monoisotopic (exact) mass is 207 g/mol. The second kappa shape index (κ2) is 4.51. The van der Waals surface area contributed by atoms with Gasteiger partial charge in [-0.05, 0) is 19.1 Å². The molecule has 0 aromatic carbocycles. The first kappa shape index (κ1) is 11.1. The lowest BCUT2D eigenvalue weighted by Crippen LogP contribution is -2.34. The summed E-state index contributed by atoms with van der Waals surface area (Å²) >= 11 is 0. The van der Waals surface area contributed by atoms with Gasteiger partial charge in [-0.3, -0.25) is 4.79 Å².